The maximum atomic E-state index is 13.7. The number of benzene rings is 4. The first-order valence-corrected chi connectivity index (χ1v) is 13.6. The van der Waals surface area contributed by atoms with Crippen LogP contribution in [0.3, 0.4) is 0 Å². The molecule has 1 aliphatic heterocycles. The van der Waals surface area contributed by atoms with Gasteiger partial charge in [-0.3, -0.25) is 0 Å². The van der Waals surface area contributed by atoms with E-state index < -0.39 is 21.8 Å². The molecule has 1 saturated heterocycles. The van der Waals surface area contributed by atoms with Crippen LogP contribution < -0.4 is 0 Å². The van der Waals surface area contributed by atoms with Crippen LogP contribution in [0.4, 0.5) is 0 Å². The van der Waals surface area contributed by atoms with Crippen molar-refractivity contribution in [3.63, 3.8) is 0 Å². The summed E-state index contributed by atoms with van der Waals surface area (Å²) in [5.41, 5.74) is 4.68. The van der Waals surface area contributed by atoms with Gasteiger partial charge in [0.05, 0.1) is 39.4 Å². The molecule has 0 bridgehead atoms. The maximum absolute atomic E-state index is 13.7. The van der Waals surface area contributed by atoms with Gasteiger partial charge in [0, 0.05) is 9.79 Å². The average molecular weight is 497 g/mol. The largest absolute Gasteiger partial charge is 0.249 e. The van der Waals surface area contributed by atoms with Crippen molar-refractivity contribution in [3.05, 3.63) is 125 Å². The Kier molecular flexibility index (Phi) is 6.48. The topological polar surface area (TPSA) is 60.9 Å². The third-order valence-corrected chi connectivity index (χ3v) is 9.21. The number of hydrogen-bond acceptors (Lipinski definition) is 3. The highest BCUT2D eigenvalue weighted by molar-refractivity contribution is 7.85. The Bertz CT molecular complexity index is 1460. The summed E-state index contributed by atoms with van der Waals surface area (Å²) in [5, 5.41) is 9.20. The van der Waals surface area contributed by atoms with Crippen molar-refractivity contribution >= 4 is 21.8 Å². The second-order valence-corrected chi connectivity index (χ2v) is 11.5. The van der Waals surface area contributed by atoms with Crippen LogP contribution in [-0.2, 0) is 21.8 Å². The van der Waals surface area contributed by atoms with E-state index in [-0.39, 0.29) is 12.1 Å². The molecule has 5 atom stereocenters. The molecule has 4 nitrogen and oxygen atoms in total. The van der Waals surface area contributed by atoms with Gasteiger partial charge in [-0.25, -0.2) is 12.7 Å². The van der Waals surface area contributed by atoms with Crippen LogP contribution in [0.5, 0.6) is 0 Å². The third-order valence-electron chi connectivity index (χ3n) is 6.23. The molecule has 0 radical (unpaired) electrons. The van der Waals surface area contributed by atoms with Crippen molar-refractivity contribution in [1.29, 1.82) is 5.26 Å². The molecule has 174 valence electrons. The van der Waals surface area contributed by atoms with E-state index in [1.165, 1.54) is 0 Å². The fourth-order valence-electron chi connectivity index (χ4n) is 4.27. The molecule has 0 amide bonds. The quantitative estimate of drug-likeness (QED) is 0.300. The molecule has 0 saturated carbocycles. The minimum atomic E-state index is -1.40. The smallest absolute Gasteiger partial charge is 0.128 e. The summed E-state index contributed by atoms with van der Waals surface area (Å²) in [6.45, 7) is 4.01. The summed E-state index contributed by atoms with van der Waals surface area (Å²) in [6.07, 6.45) is 0. The van der Waals surface area contributed by atoms with Gasteiger partial charge in [0.15, 0.2) is 0 Å². The Labute approximate surface area is 210 Å². The van der Waals surface area contributed by atoms with Crippen molar-refractivity contribution < 1.29 is 8.42 Å². The lowest BCUT2D eigenvalue weighted by Crippen LogP contribution is -2.06. The highest BCUT2D eigenvalue weighted by Gasteiger charge is 2.54. The van der Waals surface area contributed by atoms with Gasteiger partial charge in [-0.1, -0.05) is 65.7 Å². The Hall–Kier alpha value is -3.37. The van der Waals surface area contributed by atoms with Crippen molar-refractivity contribution in [1.82, 2.24) is 4.31 Å². The molecule has 1 aliphatic rings. The van der Waals surface area contributed by atoms with E-state index in [4.69, 9.17) is 0 Å². The lowest BCUT2D eigenvalue weighted by molar-refractivity contribution is 0.637. The van der Waals surface area contributed by atoms with E-state index in [0.29, 0.717) is 5.56 Å². The molecule has 0 aliphatic carbocycles. The summed E-state index contributed by atoms with van der Waals surface area (Å²) >= 11 is 0. The molecule has 6 heteroatoms. The first-order valence-electron chi connectivity index (χ1n) is 11.3. The highest BCUT2D eigenvalue weighted by Crippen LogP contribution is 2.57. The van der Waals surface area contributed by atoms with Gasteiger partial charge in [0.2, 0.25) is 0 Å². The van der Waals surface area contributed by atoms with Crippen LogP contribution in [0.2, 0.25) is 0 Å². The molecular formula is C29H24N2O2S2. The van der Waals surface area contributed by atoms with E-state index in [9.17, 15) is 13.7 Å². The minimum absolute atomic E-state index is 0.152. The number of nitriles is 1. The maximum Gasteiger partial charge on any atom is 0.128 e. The molecule has 0 N–H and O–H groups in total. The molecular weight excluding hydrogens is 472 g/mol. The summed E-state index contributed by atoms with van der Waals surface area (Å²) in [7, 11) is -2.77. The molecule has 0 aromatic heterocycles. The highest BCUT2D eigenvalue weighted by atomic mass is 32.2. The van der Waals surface area contributed by atoms with Crippen LogP contribution in [0.1, 0.15) is 39.9 Å². The van der Waals surface area contributed by atoms with Gasteiger partial charge in [0.1, 0.15) is 11.0 Å². The van der Waals surface area contributed by atoms with Crippen molar-refractivity contribution in [2.24, 2.45) is 0 Å². The fourth-order valence-corrected chi connectivity index (χ4v) is 6.95. The lowest BCUT2D eigenvalue weighted by atomic mass is 10.0. The predicted octanol–water partition coefficient (Wildman–Crippen LogP) is 6.16. The van der Waals surface area contributed by atoms with E-state index >= 15 is 0 Å². The van der Waals surface area contributed by atoms with E-state index in [2.05, 4.69) is 6.07 Å². The predicted molar refractivity (Wildman–Crippen MR) is 138 cm³/mol. The summed E-state index contributed by atoms with van der Waals surface area (Å²) in [5.74, 6) is 0. The zero-order chi connectivity index (χ0) is 24.5. The van der Waals surface area contributed by atoms with Crippen LogP contribution in [0, 0.1) is 25.2 Å². The third kappa shape index (κ3) is 4.63. The second-order valence-electron chi connectivity index (χ2n) is 8.67. The van der Waals surface area contributed by atoms with Gasteiger partial charge in [-0.2, -0.15) is 5.26 Å². The standard InChI is InChI=1S/C29H24N2O2S2/c1-20-7-15-24(16-8-20)34(32)27-6-4-3-5-26(27)29-28(23-13-11-22(19-30)12-14-23)31(29)35(33)25-17-9-21(2)10-18-25/h3-18,28-29H,1-2H3/t28-,29-,31?,34-,35-/m0/s1. The zero-order valence-electron chi connectivity index (χ0n) is 19.4. The van der Waals surface area contributed by atoms with Crippen LogP contribution in [0.25, 0.3) is 0 Å². The fraction of sp³-hybridized carbons (Fsp3) is 0.138. The molecule has 1 unspecified atom stereocenters. The normalized spacial score (nSPS) is 20.5. The lowest BCUT2D eigenvalue weighted by Gasteiger charge is -2.10. The number of hydrogen-bond donors (Lipinski definition) is 0. The molecule has 1 heterocycles. The van der Waals surface area contributed by atoms with Crippen LogP contribution >= 0.6 is 0 Å². The second kappa shape index (κ2) is 9.71. The van der Waals surface area contributed by atoms with Gasteiger partial charge < -0.3 is 0 Å². The van der Waals surface area contributed by atoms with Crippen molar-refractivity contribution in [3.8, 4) is 6.07 Å². The Morgan fingerprint density at radius 2 is 1.29 bits per heavy atom. The van der Waals surface area contributed by atoms with E-state index in [1.54, 1.807) is 12.1 Å². The monoisotopic (exact) mass is 496 g/mol. The summed E-state index contributed by atoms with van der Waals surface area (Å²) < 4.78 is 29.3. The molecule has 4 aromatic rings. The van der Waals surface area contributed by atoms with Gasteiger partial charge in [-0.15, -0.1) is 0 Å². The first kappa shape index (κ1) is 23.4. The van der Waals surface area contributed by atoms with Gasteiger partial charge in [-0.05, 0) is 67.4 Å². The van der Waals surface area contributed by atoms with Gasteiger partial charge in [0.25, 0.3) is 0 Å². The Morgan fingerprint density at radius 1 is 0.714 bits per heavy atom. The summed E-state index contributed by atoms with van der Waals surface area (Å²) in [4.78, 5) is 2.20. The van der Waals surface area contributed by atoms with Gasteiger partial charge >= 0.3 is 0 Å². The molecule has 0 spiro atoms. The number of rotatable bonds is 6. The molecule has 4 aromatic carbocycles. The van der Waals surface area contributed by atoms with E-state index in [0.717, 1.165) is 36.9 Å². The minimum Gasteiger partial charge on any atom is -0.249 e. The molecule has 35 heavy (non-hydrogen) atoms. The average Bonchev–Trinajstić information content (AvgIpc) is 3.64. The molecule has 1 fully saturated rings. The Morgan fingerprint density at radius 3 is 1.89 bits per heavy atom. The number of nitrogens with zero attached hydrogens (tertiary/aromatic N) is 2. The zero-order valence-corrected chi connectivity index (χ0v) is 21.1. The van der Waals surface area contributed by atoms with Crippen molar-refractivity contribution in [2.75, 3.05) is 0 Å². The Balaban J connectivity index is 1.56. The van der Waals surface area contributed by atoms with Crippen LogP contribution in [0.15, 0.2) is 112 Å². The van der Waals surface area contributed by atoms with Crippen LogP contribution in [-0.4, -0.2) is 12.7 Å². The van der Waals surface area contributed by atoms with Crippen molar-refractivity contribution in [2.45, 2.75) is 40.6 Å². The summed E-state index contributed by atoms with van der Waals surface area (Å²) in [6, 6.07) is 32.4. The SMILES string of the molecule is Cc1ccc([S@](=O)c2ccccc2[C@H]2[C@H](c3ccc(C#N)cc3)N2[S@@](=O)c2ccc(C)cc2)cc1. The van der Waals surface area contributed by atoms with E-state index in [1.807, 2.05) is 103 Å². The first-order chi connectivity index (χ1) is 17.0. The number of aryl methyl sites for hydroxylation is 2. The molecule has 5 rings (SSSR count).